The summed E-state index contributed by atoms with van der Waals surface area (Å²) in [5.74, 6) is 3.16. The summed E-state index contributed by atoms with van der Waals surface area (Å²) in [5.41, 5.74) is 1.93. The number of rotatable bonds is 6. The third-order valence-corrected chi connectivity index (χ3v) is 6.04. The van der Waals surface area contributed by atoms with Crippen molar-refractivity contribution in [2.24, 2.45) is 7.05 Å². The second-order valence-electron chi connectivity index (χ2n) is 7.14. The number of hydrogen-bond donors (Lipinski definition) is 1. The van der Waals surface area contributed by atoms with Crippen molar-refractivity contribution < 1.29 is 4.74 Å². The van der Waals surface area contributed by atoms with Gasteiger partial charge in [0.1, 0.15) is 23.4 Å². The van der Waals surface area contributed by atoms with Gasteiger partial charge in [0.15, 0.2) is 5.82 Å². The molecular weight excluding hydrogens is 406 g/mol. The van der Waals surface area contributed by atoms with E-state index >= 15 is 0 Å². The van der Waals surface area contributed by atoms with Crippen molar-refractivity contribution >= 4 is 28.1 Å². The fourth-order valence-corrected chi connectivity index (χ4v) is 4.27. The lowest BCUT2D eigenvalue weighted by Crippen LogP contribution is -2.18. The summed E-state index contributed by atoms with van der Waals surface area (Å²) in [6.07, 6.45) is 3.75. The van der Waals surface area contributed by atoms with E-state index in [1.54, 1.807) is 24.6 Å². The van der Waals surface area contributed by atoms with E-state index in [0.717, 1.165) is 38.7 Å². The number of ether oxygens (including phenoxy) is 1. The number of benzene rings is 2. The normalized spacial score (nSPS) is 12.1. The highest BCUT2D eigenvalue weighted by Gasteiger charge is 2.21. The monoisotopic (exact) mass is 427 g/mol. The van der Waals surface area contributed by atoms with Crippen molar-refractivity contribution in [2.75, 3.05) is 12.4 Å². The number of anilines is 1. The van der Waals surface area contributed by atoms with Gasteiger partial charge in [0.05, 0.1) is 17.5 Å². The van der Waals surface area contributed by atoms with Crippen LogP contribution in [-0.4, -0.2) is 26.6 Å². The Morgan fingerprint density at radius 3 is 2.71 bits per heavy atom. The third-order valence-electron chi connectivity index (χ3n) is 5.17. The first-order valence-electron chi connectivity index (χ1n) is 9.91. The SMILES string of the molecule is COc1cccc(C(Nc2nc(-c3cccs3)nc3ccccc23)c2nccn2C)c1. The predicted octanol–water partition coefficient (Wildman–Crippen LogP) is 5.30. The topological polar surface area (TPSA) is 64.9 Å². The second-order valence-corrected chi connectivity index (χ2v) is 8.09. The Hall–Kier alpha value is -3.71. The molecule has 1 unspecified atom stereocenters. The minimum atomic E-state index is -0.218. The molecule has 0 fully saturated rings. The highest BCUT2D eigenvalue weighted by Crippen LogP contribution is 2.32. The molecule has 0 amide bonds. The van der Waals surface area contributed by atoms with Crippen LogP contribution >= 0.6 is 11.3 Å². The number of thiophene rings is 1. The lowest BCUT2D eigenvalue weighted by atomic mass is 10.1. The Balaban J connectivity index is 1.66. The number of para-hydroxylation sites is 1. The van der Waals surface area contributed by atoms with Gasteiger partial charge in [-0.25, -0.2) is 15.0 Å². The molecule has 1 N–H and O–H groups in total. The number of hydrogen-bond acceptors (Lipinski definition) is 6. The van der Waals surface area contributed by atoms with Crippen LogP contribution in [0.15, 0.2) is 78.4 Å². The average molecular weight is 428 g/mol. The first-order chi connectivity index (χ1) is 15.2. The summed E-state index contributed by atoms with van der Waals surface area (Å²) in [5, 5.41) is 6.65. The van der Waals surface area contributed by atoms with E-state index in [9.17, 15) is 0 Å². The molecule has 1 atom stereocenters. The number of imidazole rings is 1. The van der Waals surface area contributed by atoms with Gasteiger partial charge in [-0.15, -0.1) is 11.3 Å². The summed E-state index contributed by atoms with van der Waals surface area (Å²) in [6.45, 7) is 0. The van der Waals surface area contributed by atoms with E-state index in [2.05, 4.69) is 16.4 Å². The second kappa shape index (κ2) is 8.20. The van der Waals surface area contributed by atoms with Gasteiger partial charge in [-0.2, -0.15) is 0 Å². The first kappa shape index (κ1) is 19.3. The van der Waals surface area contributed by atoms with Gasteiger partial charge < -0.3 is 14.6 Å². The van der Waals surface area contributed by atoms with Gasteiger partial charge in [0, 0.05) is 24.8 Å². The standard InChI is InChI=1S/C24H21N5OS/c1-29-13-12-25-24(29)21(16-7-5-8-17(15-16)30-2)27-22-18-9-3-4-10-19(18)26-23(28-22)20-11-6-14-31-20/h3-15,21H,1-2H3,(H,26,27,28). The van der Waals surface area contributed by atoms with E-state index < -0.39 is 0 Å². The number of aromatic nitrogens is 4. The van der Waals surface area contributed by atoms with Gasteiger partial charge >= 0.3 is 0 Å². The molecule has 0 spiro atoms. The van der Waals surface area contributed by atoms with E-state index in [0.29, 0.717) is 5.82 Å². The van der Waals surface area contributed by atoms with Gasteiger partial charge in [-0.05, 0) is 41.3 Å². The average Bonchev–Trinajstić information content (AvgIpc) is 3.49. The molecule has 3 heterocycles. The molecule has 0 saturated carbocycles. The molecule has 6 nitrogen and oxygen atoms in total. The van der Waals surface area contributed by atoms with E-state index in [-0.39, 0.29) is 6.04 Å². The summed E-state index contributed by atoms with van der Waals surface area (Å²) in [6, 6.07) is 19.9. The van der Waals surface area contributed by atoms with E-state index in [1.165, 1.54) is 0 Å². The van der Waals surface area contributed by atoms with Crippen LogP contribution in [0.3, 0.4) is 0 Å². The van der Waals surface area contributed by atoms with Crippen LogP contribution < -0.4 is 10.1 Å². The van der Waals surface area contributed by atoms with Crippen molar-refractivity contribution in [3.63, 3.8) is 0 Å². The predicted molar refractivity (Wildman–Crippen MR) is 125 cm³/mol. The lowest BCUT2D eigenvalue weighted by Gasteiger charge is -2.21. The maximum absolute atomic E-state index is 5.46. The van der Waals surface area contributed by atoms with Crippen LogP contribution in [0.4, 0.5) is 5.82 Å². The zero-order valence-corrected chi connectivity index (χ0v) is 18.0. The van der Waals surface area contributed by atoms with Gasteiger partial charge in [0.2, 0.25) is 0 Å². The minimum Gasteiger partial charge on any atom is -0.497 e. The number of aryl methyl sites for hydroxylation is 1. The zero-order chi connectivity index (χ0) is 21.2. The van der Waals surface area contributed by atoms with Crippen molar-refractivity contribution in [1.29, 1.82) is 0 Å². The Kier molecular flexibility index (Phi) is 5.09. The fourth-order valence-electron chi connectivity index (χ4n) is 3.61. The quantitative estimate of drug-likeness (QED) is 0.398. The lowest BCUT2D eigenvalue weighted by molar-refractivity contribution is 0.414. The molecule has 0 aliphatic rings. The zero-order valence-electron chi connectivity index (χ0n) is 17.2. The maximum atomic E-state index is 5.46. The molecule has 0 aliphatic carbocycles. The smallest absolute Gasteiger partial charge is 0.172 e. The molecule has 2 aromatic carbocycles. The highest BCUT2D eigenvalue weighted by atomic mass is 32.1. The summed E-state index contributed by atoms with van der Waals surface area (Å²) in [4.78, 5) is 15.3. The van der Waals surface area contributed by atoms with Crippen molar-refractivity contribution in [3.8, 4) is 16.5 Å². The van der Waals surface area contributed by atoms with Gasteiger partial charge in [-0.3, -0.25) is 0 Å². The maximum Gasteiger partial charge on any atom is 0.172 e. The minimum absolute atomic E-state index is 0.218. The largest absolute Gasteiger partial charge is 0.497 e. The molecule has 31 heavy (non-hydrogen) atoms. The van der Waals surface area contributed by atoms with Crippen molar-refractivity contribution in [2.45, 2.75) is 6.04 Å². The van der Waals surface area contributed by atoms with Crippen LogP contribution in [0.1, 0.15) is 17.4 Å². The Morgan fingerprint density at radius 1 is 1.03 bits per heavy atom. The summed E-state index contributed by atoms with van der Waals surface area (Å²) in [7, 11) is 3.67. The summed E-state index contributed by atoms with van der Waals surface area (Å²) < 4.78 is 7.48. The van der Waals surface area contributed by atoms with Crippen LogP contribution in [-0.2, 0) is 7.05 Å². The fraction of sp³-hybridized carbons (Fsp3) is 0.125. The molecule has 0 saturated heterocycles. The Labute approximate surface area is 184 Å². The molecule has 0 bridgehead atoms. The third kappa shape index (κ3) is 3.75. The molecule has 0 aliphatic heterocycles. The highest BCUT2D eigenvalue weighted by molar-refractivity contribution is 7.13. The number of fused-ring (bicyclic) bond motifs is 1. The Morgan fingerprint density at radius 2 is 1.94 bits per heavy atom. The Bertz CT molecular complexity index is 1330. The first-order valence-corrected chi connectivity index (χ1v) is 10.8. The molecule has 3 aromatic heterocycles. The van der Waals surface area contributed by atoms with Crippen LogP contribution in [0.2, 0.25) is 0 Å². The van der Waals surface area contributed by atoms with Crippen LogP contribution in [0.25, 0.3) is 21.6 Å². The van der Waals surface area contributed by atoms with Crippen LogP contribution in [0.5, 0.6) is 5.75 Å². The van der Waals surface area contributed by atoms with Gasteiger partial charge in [0.25, 0.3) is 0 Å². The van der Waals surface area contributed by atoms with Crippen molar-refractivity contribution in [1.82, 2.24) is 19.5 Å². The molecule has 7 heteroatoms. The number of methoxy groups -OCH3 is 1. The van der Waals surface area contributed by atoms with E-state index in [1.807, 2.05) is 77.8 Å². The molecule has 0 radical (unpaired) electrons. The van der Waals surface area contributed by atoms with Crippen LogP contribution in [0, 0.1) is 0 Å². The number of nitrogens with one attached hydrogen (secondary N) is 1. The summed E-state index contributed by atoms with van der Waals surface area (Å²) >= 11 is 1.63. The molecular formula is C24H21N5OS. The molecule has 5 rings (SSSR count). The van der Waals surface area contributed by atoms with Crippen molar-refractivity contribution in [3.05, 3.63) is 89.8 Å². The van der Waals surface area contributed by atoms with Gasteiger partial charge in [-0.1, -0.05) is 30.3 Å². The number of nitrogens with zero attached hydrogens (tertiary/aromatic N) is 4. The molecule has 5 aromatic rings. The van der Waals surface area contributed by atoms with E-state index in [4.69, 9.17) is 14.7 Å². The molecule has 154 valence electrons.